The molecule has 0 N–H and O–H groups in total. The Kier molecular flexibility index (Phi) is 3.61. The van der Waals surface area contributed by atoms with E-state index in [0.717, 1.165) is 23.2 Å². The monoisotopic (exact) mass is 236 g/mol. The van der Waals surface area contributed by atoms with Crippen LogP contribution in [0.1, 0.15) is 18.4 Å². The van der Waals surface area contributed by atoms with E-state index in [1.165, 1.54) is 5.56 Å². The molecule has 0 amide bonds. The van der Waals surface area contributed by atoms with Crippen LogP contribution in [0.25, 0.3) is 0 Å². The van der Waals surface area contributed by atoms with Crippen molar-refractivity contribution in [3.05, 3.63) is 30.0 Å². The summed E-state index contributed by atoms with van der Waals surface area (Å²) in [6, 6.07) is 3.97. The molecule has 0 saturated carbocycles. The summed E-state index contributed by atoms with van der Waals surface area (Å²) in [5, 5.41) is 1.04. The summed E-state index contributed by atoms with van der Waals surface area (Å²) < 4.78 is 5.19. The average molecular weight is 236 g/mol. The molecule has 4 heteroatoms. The van der Waals surface area contributed by atoms with Crippen LogP contribution in [-0.4, -0.2) is 24.1 Å². The predicted molar refractivity (Wildman–Crippen MR) is 63.2 cm³/mol. The largest absolute Gasteiger partial charge is 0.375 e. The van der Waals surface area contributed by atoms with E-state index in [1.54, 1.807) is 25.1 Å². The molecule has 0 saturated heterocycles. The molecular formula is C12H14NO2S. The molecule has 85 valence electrons. The summed E-state index contributed by atoms with van der Waals surface area (Å²) in [4.78, 5) is 15.5. The van der Waals surface area contributed by atoms with Crippen molar-refractivity contribution in [2.24, 2.45) is 5.92 Å². The number of fused-ring (bicyclic) bond motifs is 1. The number of aromatic nitrogens is 1. The van der Waals surface area contributed by atoms with E-state index in [9.17, 15) is 4.79 Å². The number of hydrogen-bond acceptors (Lipinski definition) is 4. The van der Waals surface area contributed by atoms with Gasteiger partial charge in [-0.05, 0) is 18.6 Å². The Hall–Kier alpha value is -0.870. The number of hydrogen-bond donors (Lipinski definition) is 0. The van der Waals surface area contributed by atoms with Crippen molar-refractivity contribution in [1.82, 2.24) is 4.98 Å². The SMILES string of the molecule is CO[C](C)C(C=O)C1CSc2ncccc21. The minimum absolute atomic E-state index is 0.164. The Bertz CT molecular complexity index is 383. The first-order valence-electron chi connectivity index (χ1n) is 5.18. The van der Waals surface area contributed by atoms with Crippen LogP contribution < -0.4 is 0 Å². The van der Waals surface area contributed by atoms with Crippen LogP contribution in [0.15, 0.2) is 23.4 Å². The van der Waals surface area contributed by atoms with Crippen molar-refractivity contribution < 1.29 is 9.53 Å². The molecule has 1 radical (unpaired) electrons. The van der Waals surface area contributed by atoms with E-state index < -0.39 is 0 Å². The van der Waals surface area contributed by atoms with Crippen molar-refractivity contribution in [2.75, 3.05) is 12.9 Å². The normalized spacial score (nSPS) is 20.8. The topological polar surface area (TPSA) is 39.2 Å². The van der Waals surface area contributed by atoms with Crippen LogP contribution in [-0.2, 0) is 9.53 Å². The summed E-state index contributed by atoms with van der Waals surface area (Å²) in [6.45, 7) is 1.86. The highest BCUT2D eigenvalue weighted by molar-refractivity contribution is 7.99. The first-order valence-corrected chi connectivity index (χ1v) is 6.17. The van der Waals surface area contributed by atoms with Crippen LogP contribution >= 0.6 is 11.8 Å². The fourth-order valence-corrected chi connectivity index (χ4v) is 3.22. The molecule has 0 spiro atoms. The van der Waals surface area contributed by atoms with Gasteiger partial charge >= 0.3 is 0 Å². The second-order valence-electron chi connectivity index (χ2n) is 3.79. The minimum atomic E-state index is -0.164. The highest BCUT2D eigenvalue weighted by atomic mass is 32.2. The maximum atomic E-state index is 11.2. The summed E-state index contributed by atoms with van der Waals surface area (Å²) in [7, 11) is 1.61. The lowest BCUT2D eigenvalue weighted by atomic mass is 9.86. The third kappa shape index (κ3) is 1.99. The lowest BCUT2D eigenvalue weighted by Crippen LogP contribution is -2.21. The Morgan fingerprint density at radius 3 is 3.25 bits per heavy atom. The van der Waals surface area contributed by atoms with Gasteiger partial charge in [0.15, 0.2) is 0 Å². The van der Waals surface area contributed by atoms with Crippen molar-refractivity contribution in [3.8, 4) is 0 Å². The standard InChI is InChI=1S/C12H14NO2S/c1-8(15-2)10(6-14)11-7-16-12-9(11)4-3-5-13-12/h3-6,10-11H,7H2,1-2H3. The number of carbonyl (C=O) groups is 1. The predicted octanol–water partition coefficient (Wildman–Crippen LogP) is 2.28. The van der Waals surface area contributed by atoms with Crippen LogP contribution in [0.3, 0.4) is 0 Å². The van der Waals surface area contributed by atoms with Crippen LogP contribution in [0, 0.1) is 12.0 Å². The maximum Gasteiger partial charge on any atom is 0.126 e. The number of ether oxygens (including phenoxy) is 1. The number of pyridine rings is 1. The van der Waals surface area contributed by atoms with E-state index in [1.807, 2.05) is 19.1 Å². The summed E-state index contributed by atoms with van der Waals surface area (Å²) >= 11 is 1.71. The van der Waals surface area contributed by atoms with E-state index in [2.05, 4.69) is 4.98 Å². The number of carbonyl (C=O) groups excluding carboxylic acids is 1. The summed E-state index contributed by atoms with van der Waals surface area (Å²) in [5.41, 5.74) is 1.17. The zero-order valence-electron chi connectivity index (χ0n) is 9.34. The molecule has 0 fully saturated rings. The highest BCUT2D eigenvalue weighted by Crippen LogP contribution is 2.43. The van der Waals surface area contributed by atoms with Crippen LogP contribution in [0.2, 0.25) is 0 Å². The maximum absolute atomic E-state index is 11.2. The minimum Gasteiger partial charge on any atom is -0.375 e. The van der Waals surface area contributed by atoms with E-state index in [0.29, 0.717) is 0 Å². The lowest BCUT2D eigenvalue weighted by molar-refractivity contribution is -0.112. The van der Waals surface area contributed by atoms with Crippen molar-refractivity contribution in [3.63, 3.8) is 0 Å². The first kappa shape index (κ1) is 11.6. The quantitative estimate of drug-likeness (QED) is 0.752. The van der Waals surface area contributed by atoms with Gasteiger partial charge in [0.2, 0.25) is 0 Å². The third-order valence-electron chi connectivity index (χ3n) is 2.97. The smallest absolute Gasteiger partial charge is 0.126 e. The second-order valence-corrected chi connectivity index (χ2v) is 4.80. The van der Waals surface area contributed by atoms with Crippen LogP contribution in [0.4, 0.5) is 0 Å². The van der Waals surface area contributed by atoms with Crippen LogP contribution in [0.5, 0.6) is 0 Å². The van der Waals surface area contributed by atoms with Crippen molar-refractivity contribution >= 4 is 18.0 Å². The first-order chi connectivity index (χ1) is 7.77. The summed E-state index contributed by atoms with van der Waals surface area (Å²) in [6.07, 6.45) is 3.54. The molecule has 2 heterocycles. The van der Waals surface area contributed by atoms with Gasteiger partial charge in [-0.1, -0.05) is 6.07 Å². The average Bonchev–Trinajstić information content (AvgIpc) is 2.74. The van der Waals surface area contributed by atoms with Gasteiger partial charge in [0.25, 0.3) is 0 Å². The molecule has 1 aromatic heterocycles. The zero-order chi connectivity index (χ0) is 11.5. The van der Waals surface area contributed by atoms with E-state index in [-0.39, 0.29) is 11.8 Å². The highest BCUT2D eigenvalue weighted by Gasteiger charge is 2.34. The molecule has 1 aliphatic rings. The van der Waals surface area contributed by atoms with Gasteiger partial charge in [-0.25, -0.2) is 4.98 Å². The lowest BCUT2D eigenvalue weighted by Gasteiger charge is -2.22. The van der Waals surface area contributed by atoms with Gasteiger partial charge < -0.3 is 9.53 Å². The van der Waals surface area contributed by atoms with Gasteiger partial charge in [-0.2, -0.15) is 0 Å². The van der Waals surface area contributed by atoms with E-state index >= 15 is 0 Å². The fraction of sp³-hybridized carbons (Fsp3) is 0.417. The Morgan fingerprint density at radius 2 is 2.56 bits per heavy atom. The third-order valence-corrected chi connectivity index (χ3v) is 4.11. The molecule has 1 aromatic rings. The Morgan fingerprint density at radius 1 is 1.75 bits per heavy atom. The fourth-order valence-electron chi connectivity index (χ4n) is 1.97. The number of rotatable bonds is 4. The van der Waals surface area contributed by atoms with Crippen molar-refractivity contribution in [2.45, 2.75) is 17.9 Å². The van der Waals surface area contributed by atoms with Gasteiger partial charge in [0, 0.05) is 25.0 Å². The van der Waals surface area contributed by atoms with Gasteiger partial charge in [-0.3, -0.25) is 0 Å². The molecule has 2 atom stereocenters. The molecule has 16 heavy (non-hydrogen) atoms. The number of methoxy groups -OCH3 is 1. The molecule has 0 aromatic carbocycles. The molecule has 2 rings (SSSR count). The molecular weight excluding hydrogens is 222 g/mol. The molecule has 1 aliphatic heterocycles. The molecule has 3 nitrogen and oxygen atoms in total. The Labute approximate surface area is 99.6 Å². The number of aldehydes is 1. The zero-order valence-corrected chi connectivity index (χ0v) is 10.2. The van der Waals surface area contributed by atoms with Gasteiger partial charge in [0.1, 0.15) is 12.4 Å². The summed E-state index contributed by atoms with van der Waals surface area (Å²) in [5.74, 6) is 0.935. The van der Waals surface area contributed by atoms with E-state index in [4.69, 9.17) is 4.74 Å². The second kappa shape index (κ2) is 4.97. The molecule has 2 unspecified atom stereocenters. The Balaban J connectivity index is 2.26. The number of thioether (sulfide) groups is 1. The van der Waals surface area contributed by atoms with Gasteiger partial charge in [0.05, 0.1) is 10.9 Å². The van der Waals surface area contributed by atoms with Gasteiger partial charge in [-0.15, -0.1) is 11.8 Å². The number of nitrogens with zero attached hydrogens (tertiary/aromatic N) is 1. The molecule has 0 aliphatic carbocycles. The van der Waals surface area contributed by atoms with Crippen molar-refractivity contribution in [1.29, 1.82) is 0 Å². The molecule has 0 bridgehead atoms.